The topological polar surface area (TPSA) is 63.6 Å². The summed E-state index contributed by atoms with van der Waals surface area (Å²) in [4.78, 5) is 19.0. The molecule has 184 valence electrons. The Morgan fingerprint density at radius 1 is 0.824 bits per heavy atom. The summed E-state index contributed by atoms with van der Waals surface area (Å²) in [6.45, 7) is 6.01. The van der Waals surface area contributed by atoms with Gasteiger partial charge in [0.2, 0.25) is 11.8 Å². The first-order valence-corrected chi connectivity index (χ1v) is 13.4. The number of pyridine rings is 1. The van der Waals surface area contributed by atoms with Crippen molar-refractivity contribution in [3.8, 4) is 11.8 Å². The largest absolute Gasteiger partial charge is 0.477 e. The van der Waals surface area contributed by atoms with Gasteiger partial charge in [0.15, 0.2) is 0 Å². The van der Waals surface area contributed by atoms with Crippen molar-refractivity contribution in [1.29, 1.82) is 0 Å². The standard InChI is InChI=1S/C27H39N5O2/c1-2-9-22(10-3-1)34-26-14-8-13-25(30-26)32-18-16-31(17-19-32)15-6-7-20-33-27-21-28-23-11-4-5-12-24(23)29-27/h8,13-14,21-22H,1-7,9-12,15-20H2. The molecule has 1 aliphatic heterocycles. The van der Waals surface area contributed by atoms with E-state index < -0.39 is 0 Å². The zero-order valence-electron chi connectivity index (χ0n) is 20.5. The van der Waals surface area contributed by atoms with E-state index in [1.54, 1.807) is 6.20 Å². The van der Waals surface area contributed by atoms with Crippen LogP contribution in [0.4, 0.5) is 5.82 Å². The number of anilines is 1. The Kier molecular flexibility index (Phi) is 8.12. The number of fused-ring (bicyclic) bond motifs is 1. The third-order valence-electron chi connectivity index (χ3n) is 7.35. The van der Waals surface area contributed by atoms with Crippen LogP contribution in [0.5, 0.6) is 11.8 Å². The van der Waals surface area contributed by atoms with Gasteiger partial charge in [0, 0.05) is 32.2 Å². The smallest absolute Gasteiger partial charge is 0.232 e. The molecule has 7 nitrogen and oxygen atoms in total. The molecule has 0 spiro atoms. The second-order valence-corrected chi connectivity index (χ2v) is 9.90. The molecule has 2 aliphatic carbocycles. The third-order valence-corrected chi connectivity index (χ3v) is 7.35. The summed E-state index contributed by atoms with van der Waals surface area (Å²) in [7, 11) is 0. The van der Waals surface area contributed by atoms with Crippen molar-refractivity contribution in [1.82, 2.24) is 19.9 Å². The van der Waals surface area contributed by atoms with Crippen molar-refractivity contribution in [2.24, 2.45) is 0 Å². The predicted molar refractivity (Wildman–Crippen MR) is 134 cm³/mol. The van der Waals surface area contributed by atoms with Gasteiger partial charge in [-0.05, 0) is 76.8 Å². The lowest BCUT2D eigenvalue weighted by atomic mass is 9.98. The molecule has 34 heavy (non-hydrogen) atoms. The van der Waals surface area contributed by atoms with E-state index in [0.717, 1.165) is 94.3 Å². The quantitative estimate of drug-likeness (QED) is 0.507. The number of aromatic nitrogens is 3. The molecule has 0 amide bonds. The van der Waals surface area contributed by atoms with Gasteiger partial charge in [-0.15, -0.1) is 0 Å². The molecule has 0 unspecified atom stereocenters. The number of rotatable bonds is 9. The Morgan fingerprint density at radius 3 is 2.50 bits per heavy atom. The molecule has 5 rings (SSSR count). The molecule has 3 aliphatic rings. The Bertz CT molecular complexity index is 910. The maximum absolute atomic E-state index is 6.17. The van der Waals surface area contributed by atoms with Gasteiger partial charge in [0.05, 0.1) is 24.2 Å². The molecule has 0 radical (unpaired) electrons. The average molecular weight is 466 g/mol. The lowest BCUT2D eigenvalue weighted by Crippen LogP contribution is -2.47. The lowest BCUT2D eigenvalue weighted by molar-refractivity contribution is 0.148. The summed E-state index contributed by atoms with van der Waals surface area (Å²) in [6.07, 6.45) is 15.1. The fourth-order valence-electron chi connectivity index (χ4n) is 5.31. The van der Waals surface area contributed by atoms with Gasteiger partial charge in [-0.25, -0.2) is 4.98 Å². The zero-order chi connectivity index (χ0) is 23.0. The Balaban J connectivity index is 0.994. The van der Waals surface area contributed by atoms with Crippen LogP contribution >= 0.6 is 0 Å². The van der Waals surface area contributed by atoms with Crippen molar-refractivity contribution < 1.29 is 9.47 Å². The second-order valence-electron chi connectivity index (χ2n) is 9.90. The van der Waals surface area contributed by atoms with Crippen molar-refractivity contribution in [2.45, 2.75) is 76.7 Å². The van der Waals surface area contributed by atoms with Gasteiger partial charge in [-0.1, -0.05) is 12.5 Å². The number of unbranched alkanes of at least 4 members (excludes halogenated alkanes) is 1. The maximum Gasteiger partial charge on any atom is 0.232 e. The van der Waals surface area contributed by atoms with Crippen molar-refractivity contribution in [3.63, 3.8) is 0 Å². The van der Waals surface area contributed by atoms with Gasteiger partial charge < -0.3 is 14.4 Å². The van der Waals surface area contributed by atoms with Crippen LogP contribution in [0.15, 0.2) is 24.4 Å². The SMILES string of the molecule is c1cc(OC2CCCCC2)nc(N2CCN(CCCCOc3cnc4c(n3)CCCC4)CC2)c1. The van der Waals surface area contributed by atoms with Crippen LogP contribution in [0.3, 0.4) is 0 Å². The Morgan fingerprint density at radius 2 is 1.65 bits per heavy atom. The fraction of sp³-hybridized carbons (Fsp3) is 0.667. The first kappa shape index (κ1) is 23.3. The van der Waals surface area contributed by atoms with Gasteiger partial charge in [-0.3, -0.25) is 9.88 Å². The van der Waals surface area contributed by atoms with Crippen LogP contribution in [-0.2, 0) is 12.8 Å². The summed E-state index contributed by atoms with van der Waals surface area (Å²) in [5, 5.41) is 0. The van der Waals surface area contributed by atoms with Crippen LogP contribution in [-0.4, -0.2) is 65.3 Å². The summed E-state index contributed by atoms with van der Waals surface area (Å²) < 4.78 is 12.1. The summed E-state index contributed by atoms with van der Waals surface area (Å²) >= 11 is 0. The Hall–Kier alpha value is -2.41. The minimum Gasteiger partial charge on any atom is -0.477 e. The van der Waals surface area contributed by atoms with Crippen molar-refractivity contribution in [3.05, 3.63) is 35.8 Å². The number of aryl methyl sites for hydroxylation is 2. The molecule has 0 bridgehead atoms. The fourth-order valence-corrected chi connectivity index (χ4v) is 5.31. The van der Waals surface area contributed by atoms with E-state index in [0.29, 0.717) is 18.6 Å². The van der Waals surface area contributed by atoms with Crippen LogP contribution in [0.25, 0.3) is 0 Å². The number of hydrogen-bond acceptors (Lipinski definition) is 7. The third kappa shape index (κ3) is 6.38. The van der Waals surface area contributed by atoms with E-state index in [1.807, 2.05) is 6.07 Å². The van der Waals surface area contributed by atoms with Crippen molar-refractivity contribution >= 4 is 5.82 Å². The minimum absolute atomic E-state index is 0.344. The molecule has 2 aromatic heterocycles. The van der Waals surface area contributed by atoms with Gasteiger partial charge >= 0.3 is 0 Å². The van der Waals surface area contributed by atoms with Crippen LogP contribution < -0.4 is 14.4 Å². The highest BCUT2D eigenvalue weighted by atomic mass is 16.5. The predicted octanol–water partition coefficient (Wildman–Crippen LogP) is 4.44. The molecule has 2 aromatic rings. The van der Waals surface area contributed by atoms with E-state index in [-0.39, 0.29) is 0 Å². The van der Waals surface area contributed by atoms with Crippen LogP contribution in [0.2, 0.25) is 0 Å². The molecule has 7 heteroatoms. The van der Waals surface area contributed by atoms with Crippen LogP contribution in [0.1, 0.15) is 69.2 Å². The molecule has 1 saturated carbocycles. The molecule has 0 aromatic carbocycles. The molecule has 3 heterocycles. The van der Waals surface area contributed by atoms with E-state index in [4.69, 9.17) is 14.5 Å². The minimum atomic E-state index is 0.344. The summed E-state index contributed by atoms with van der Waals surface area (Å²) in [6, 6.07) is 6.20. The molecular formula is C27H39N5O2. The first-order valence-electron chi connectivity index (χ1n) is 13.4. The number of ether oxygens (including phenoxy) is 2. The highest BCUT2D eigenvalue weighted by Gasteiger charge is 2.20. The lowest BCUT2D eigenvalue weighted by Gasteiger charge is -2.35. The first-order chi connectivity index (χ1) is 16.8. The number of nitrogens with zero attached hydrogens (tertiary/aromatic N) is 5. The van der Waals surface area contributed by atoms with Gasteiger partial charge in [0.1, 0.15) is 11.9 Å². The summed E-state index contributed by atoms with van der Waals surface area (Å²) in [5.74, 6) is 2.53. The average Bonchev–Trinajstić information content (AvgIpc) is 2.89. The summed E-state index contributed by atoms with van der Waals surface area (Å²) in [5.41, 5.74) is 2.30. The molecule has 0 N–H and O–H groups in total. The van der Waals surface area contributed by atoms with Crippen LogP contribution in [0, 0.1) is 0 Å². The normalized spacial score (nSPS) is 19.6. The second kappa shape index (κ2) is 11.8. The van der Waals surface area contributed by atoms with E-state index in [9.17, 15) is 0 Å². The zero-order valence-corrected chi connectivity index (χ0v) is 20.5. The highest BCUT2D eigenvalue weighted by molar-refractivity contribution is 5.41. The van der Waals surface area contributed by atoms with Crippen molar-refractivity contribution in [2.75, 3.05) is 44.2 Å². The van der Waals surface area contributed by atoms with E-state index in [1.165, 1.54) is 32.1 Å². The van der Waals surface area contributed by atoms with E-state index in [2.05, 4.69) is 31.9 Å². The Labute approximate surface area is 203 Å². The maximum atomic E-state index is 6.17. The molecule has 0 atom stereocenters. The number of piperazine rings is 1. The number of hydrogen-bond donors (Lipinski definition) is 0. The van der Waals surface area contributed by atoms with Gasteiger partial charge in [-0.2, -0.15) is 4.98 Å². The molecule has 1 saturated heterocycles. The van der Waals surface area contributed by atoms with Gasteiger partial charge in [0.25, 0.3) is 0 Å². The van der Waals surface area contributed by atoms with E-state index >= 15 is 0 Å². The molecular weight excluding hydrogens is 426 g/mol. The molecule has 2 fully saturated rings. The monoisotopic (exact) mass is 465 g/mol. The highest BCUT2D eigenvalue weighted by Crippen LogP contribution is 2.24.